The van der Waals surface area contributed by atoms with Crippen molar-refractivity contribution >= 4 is 46.5 Å². The van der Waals surface area contributed by atoms with Crippen LogP contribution in [0.1, 0.15) is 18.1 Å². The van der Waals surface area contributed by atoms with Crippen molar-refractivity contribution in [1.29, 1.82) is 0 Å². The number of thioether (sulfide) groups is 1. The van der Waals surface area contributed by atoms with Gasteiger partial charge in [-0.25, -0.2) is 0 Å². The lowest BCUT2D eigenvalue weighted by atomic mass is 10.1. The van der Waals surface area contributed by atoms with Gasteiger partial charge in [0.05, 0.1) is 24.7 Å². The fraction of sp³-hybridized carbons (Fsp3) is 0.320. The molecule has 2 saturated heterocycles. The van der Waals surface area contributed by atoms with Crippen LogP contribution in [-0.4, -0.2) is 66.3 Å². The first-order valence-electron chi connectivity index (χ1n) is 11.2. The number of ether oxygens (including phenoxy) is 3. The number of halogens is 1. The van der Waals surface area contributed by atoms with Crippen LogP contribution in [0.3, 0.4) is 0 Å². The van der Waals surface area contributed by atoms with Crippen LogP contribution in [0.2, 0.25) is 5.02 Å². The Morgan fingerprint density at radius 1 is 1.11 bits per heavy atom. The van der Waals surface area contributed by atoms with Gasteiger partial charge in [0.25, 0.3) is 11.1 Å². The lowest BCUT2D eigenvalue weighted by Crippen LogP contribution is -2.46. The van der Waals surface area contributed by atoms with E-state index >= 15 is 0 Å². The van der Waals surface area contributed by atoms with E-state index in [1.165, 1.54) is 0 Å². The van der Waals surface area contributed by atoms with Crippen LogP contribution in [0.5, 0.6) is 11.5 Å². The number of carbonyl (C=O) groups is 3. The molecule has 10 heteroatoms. The van der Waals surface area contributed by atoms with Crippen molar-refractivity contribution < 1.29 is 28.6 Å². The molecule has 2 heterocycles. The minimum absolute atomic E-state index is 0.247. The van der Waals surface area contributed by atoms with Crippen molar-refractivity contribution in [3.05, 3.63) is 63.5 Å². The second-order valence-corrected chi connectivity index (χ2v) is 9.18. The molecule has 184 valence electrons. The van der Waals surface area contributed by atoms with Gasteiger partial charge in [0.2, 0.25) is 5.91 Å². The Hall–Kier alpha value is -3.01. The minimum atomic E-state index is -0.487. The molecule has 0 saturated carbocycles. The van der Waals surface area contributed by atoms with Crippen molar-refractivity contribution in [3.63, 3.8) is 0 Å². The standard InChI is InChI=1S/C25H25ClN2O6S/c1-2-33-21-13-17(7-8-20(21)34-16-18-5-3-4-6-19(18)26)14-22-24(30)28(25(31)35-22)15-23(29)27-9-11-32-12-10-27/h3-8,13-14H,2,9-12,15-16H2,1H3/b22-14-. The fourth-order valence-corrected chi connectivity index (χ4v) is 4.64. The average Bonchev–Trinajstić information content (AvgIpc) is 3.12. The maximum Gasteiger partial charge on any atom is 0.294 e. The minimum Gasteiger partial charge on any atom is -0.490 e. The normalized spacial score (nSPS) is 17.3. The molecule has 2 aromatic carbocycles. The van der Waals surface area contributed by atoms with E-state index in [0.717, 1.165) is 22.2 Å². The van der Waals surface area contributed by atoms with E-state index in [1.54, 1.807) is 35.2 Å². The summed E-state index contributed by atoms with van der Waals surface area (Å²) in [5.74, 6) is 0.289. The highest BCUT2D eigenvalue weighted by Gasteiger charge is 2.37. The quantitative estimate of drug-likeness (QED) is 0.486. The molecule has 0 aromatic heterocycles. The van der Waals surface area contributed by atoms with E-state index in [9.17, 15) is 14.4 Å². The summed E-state index contributed by atoms with van der Waals surface area (Å²) in [6.07, 6.45) is 1.62. The summed E-state index contributed by atoms with van der Waals surface area (Å²) in [6.45, 7) is 4.09. The highest BCUT2D eigenvalue weighted by molar-refractivity contribution is 8.18. The average molecular weight is 517 g/mol. The van der Waals surface area contributed by atoms with Crippen LogP contribution in [0, 0.1) is 0 Å². The van der Waals surface area contributed by atoms with Crippen LogP contribution in [0.25, 0.3) is 6.08 Å². The zero-order chi connectivity index (χ0) is 24.8. The van der Waals surface area contributed by atoms with E-state index in [2.05, 4.69) is 0 Å². The van der Waals surface area contributed by atoms with Crippen LogP contribution >= 0.6 is 23.4 Å². The Morgan fingerprint density at radius 2 is 1.89 bits per heavy atom. The monoisotopic (exact) mass is 516 g/mol. The summed E-state index contributed by atoms with van der Waals surface area (Å²) < 4.78 is 16.9. The molecule has 8 nitrogen and oxygen atoms in total. The van der Waals surface area contributed by atoms with Gasteiger partial charge in [0, 0.05) is 23.7 Å². The first kappa shape index (κ1) is 25.1. The molecule has 0 radical (unpaired) electrons. The predicted octanol–water partition coefficient (Wildman–Crippen LogP) is 4.21. The second kappa shape index (κ2) is 11.6. The fourth-order valence-electron chi connectivity index (χ4n) is 3.61. The summed E-state index contributed by atoms with van der Waals surface area (Å²) >= 11 is 7.02. The molecule has 0 bridgehead atoms. The topological polar surface area (TPSA) is 85.4 Å². The molecule has 35 heavy (non-hydrogen) atoms. The predicted molar refractivity (Wildman–Crippen MR) is 133 cm³/mol. The largest absolute Gasteiger partial charge is 0.490 e. The highest BCUT2D eigenvalue weighted by atomic mass is 35.5. The zero-order valence-corrected chi connectivity index (χ0v) is 20.8. The lowest BCUT2D eigenvalue weighted by Gasteiger charge is -2.28. The van der Waals surface area contributed by atoms with Gasteiger partial charge >= 0.3 is 0 Å². The molecule has 2 fully saturated rings. The number of hydrogen-bond acceptors (Lipinski definition) is 7. The number of rotatable bonds is 8. The van der Waals surface area contributed by atoms with Gasteiger partial charge in [-0.15, -0.1) is 0 Å². The number of amides is 3. The zero-order valence-electron chi connectivity index (χ0n) is 19.2. The third-order valence-corrected chi connectivity index (χ3v) is 6.71. The Morgan fingerprint density at radius 3 is 2.63 bits per heavy atom. The van der Waals surface area contributed by atoms with E-state index < -0.39 is 11.1 Å². The molecule has 2 aromatic rings. The van der Waals surface area contributed by atoms with Crippen LogP contribution in [-0.2, 0) is 20.9 Å². The number of morpholine rings is 1. The summed E-state index contributed by atoms with van der Waals surface area (Å²) in [4.78, 5) is 40.7. The van der Waals surface area contributed by atoms with Gasteiger partial charge in [-0.3, -0.25) is 19.3 Å². The van der Waals surface area contributed by atoms with E-state index in [-0.39, 0.29) is 24.0 Å². The van der Waals surface area contributed by atoms with E-state index in [1.807, 2.05) is 25.1 Å². The number of hydrogen-bond donors (Lipinski definition) is 0. The SMILES string of the molecule is CCOc1cc(/C=C2\SC(=O)N(CC(=O)N3CCOCC3)C2=O)ccc1OCc1ccccc1Cl. The number of benzene rings is 2. The molecule has 0 N–H and O–H groups in total. The molecule has 2 aliphatic rings. The first-order chi connectivity index (χ1) is 17.0. The summed E-state index contributed by atoms with van der Waals surface area (Å²) in [5, 5.41) is 0.150. The van der Waals surface area contributed by atoms with Gasteiger partial charge in [-0.2, -0.15) is 0 Å². The van der Waals surface area contributed by atoms with Crippen molar-refractivity contribution in [1.82, 2.24) is 9.80 Å². The smallest absolute Gasteiger partial charge is 0.294 e. The molecule has 0 spiro atoms. The van der Waals surface area contributed by atoms with Crippen LogP contribution in [0.4, 0.5) is 4.79 Å². The van der Waals surface area contributed by atoms with Gasteiger partial charge < -0.3 is 19.1 Å². The van der Waals surface area contributed by atoms with Gasteiger partial charge in [0.1, 0.15) is 13.2 Å². The van der Waals surface area contributed by atoms with E-state index in [4.69, 9.17) is 25.8 Å². The Bertz CT molecular complexity index is 1150. The first-order valence-corrected chi connectivity index (χ1v) is 12.4. The Labute approximate surface area is 212 Å². The summed E-state index contributed by atoms with van der Waals surface area (Å²) in [6, 6.07) is 12.7. The maximum atomic E-state index is 12.9. The Balaban J connectivity index is 1.46. The second-order valence-electron chi connectivity index (χ2n) is 7.78. The maximum absolute atomic E-state index is 12.9. The van der Waals surface area contributed by atoms with Crippen molar-refractivity contribution in [2.75, 3.05) is 39.5 Å². The molecule has 0 unspecified atom stereocenters. The third-order valence-electron chi connectivity index (χ3n) is 5.44. The van der Waals surface area contributed by atoms with E-state index in [0.29, 0.717) is 55.0 Å². The van der Waals surface area contributed by atoms with Gasteiger partial charge in [-0.1, -0.05) is 35.9 Å². The third kappa shape index (κ3) is 6.17. The number of imide groups is 1. The molecule has 3 amide bonds. The van der Waals surface area contributed by atoms with Crippen LogP contribution < -0.4 is 9.47 Å². The van der Waals surface area contributed by atoms with Gasteiger partial charge in [0.15, 0.2) is 11.5 Å². The molecule has 2 aliphatic heterocycles. The highest BCUT2D eigenvalue weighted by Crippen LogP contribution is 2.35. The summed E-state index contributed by atoms with van der Waals surface area (Å²) in [5.41, 5.74) is 1.52. The van der Waals surface area contributed by atoms with Gasteiger partial charge in [-0.05, 0) is 48.5 Å². The molecule has 4 rings (SSSR count). The van der Waals surface area contributed by atoms with Crippen molar-refractivity contribution in [2.45, 2.75) is 13.5 Å². The molecule has 0 aliphatic carbocycles. The van der Waals surface area contributed by atoms with Crippen molar-refractivity contribution in [2.24, 2.45) is 0 Å². The molecule has 0 atom stereocenters. The van der Waals surface area contributed by atoms with Crippen LogP contribution in [0.15, 0.2) is 47.4 Å². The molecular weight excluding hydrogens is 492 g/mol. The Kier molecular flexibility index (Phi) is 8.33. The number of nitrogens with zero attached hydrogens (tertiary/aromatic N) is 2. The molecular formula is C25H25ClN2O6S. The lowest BCUT2D eigenvalue weighted by molar-refractivity contribution is -0.139. The number of carbonyl (C=O) groups excluding carboxylic acids is 3. The summed E-state index contributed by atoms with van der Waals surface area (Å²) in [7, 11) is 0. The van der Waals surface area contributed by atoms with Crippen molar-refractivity contribution in [3.8, 4) is 11.5 Å².